The van der Waals surface area contributed by atoms with Gasteiger partial charge >= 0.3 is 0 Å². The Kier molecular flexibility index (Phi) is 2.02. The van der Waals surface area contributed by atoms with E-state index in [-0.39, 0.29) is 6.04 Å². The first-order valence-electron chi connectivity index (χ1n) is 4.22. The number of nitrogens with zero attached hydrogens (tertiary/aromatic N) is 3. The van der Waals surface area contributed by atoms with Gasteiger partial charge in [0.1, 0.15) is 17.5 Å². The van der Waals surface area contributed by atoms with Crippen molar-refractivity contribution in [3.8, 4) is 0 Å². The third-order valence-corrected chi connectivity index (χ3v) is 1.98. The summed E-state index contributed by atoms with van der Waals surface area (Å²) in [5.74, 6) is 0.806. The molecule has 1 atom stereocenters. The number of rotatable bonds is 2. The van der Waals surface area contributed by atoms with Crippen molar-refractivity contribution in [2.45, 2.75) is 12.5 Å². The van der Waals surface area contributed by atoms with Crippen LogP contribution in [0, 0.1) is 0 Å². The summed E-state index contributed by atoms with van der Waals surface area (Å²) in [6.07, 6.45) is 4.73. The molecule has 0 saturated heterocycles. The van der Waals surface area contributed by atoms with Gasteiger partial charge in [0.25, 0.3) is 0 Å². The van der Waals surface area contributed by atoms with E-state index in [0.717, 1.165) is 24.5 Å². The van der Waals surface area contributed by atoms with E-state index in [1.54, 1.807) is 10.9 Å². The molecule has 0 spiro atoms. The SMILES string of the molecule is Cn1cc(C(N)C2=CCCO2)nn1. The van der Waals surface area contributed by atoms with Gasteiger partial charge in [-0.15, -0.1) is 5.10 Å². The van der Waals surface area contributed by atoms with Gasteiger partial charge in [0.05, 0.1) is 12.8 Å². The summed E-state index contributed by atoms with van der Waals surface area (Å²) < 4.78 is 6.97. The van der Waals surface area contributed by atoms with Gasteiger partial charge in [0.2, 0.25) is 0 Å². The third kappa shape index (κ3) is 1.55. The van der Waals surface area contributed by atoms with Crippen molar-refractivity contribution in [3.05, 3.63) is 23.7 Å². The molecule has 70 valence electrons. The fourth-order valence-corrected chi connectivity index (χ4v) is 1.31. The average molecular weight is 180 g/mol. The number of aromatic nitrogens is 3. The van der Waals surface area contributed by atoms with Crippen LogP contribution in [0.25, 0.3) is 0 Å². The average Bonchev–Trinajstić information content (AvgIpc) is 2.72. The van der Waals surface area contributed by atoms with E-state index in [0.29, 0.717) is 0 Å². The van der Waals surface area contributed by atoms with E-state index >= 15 is 0 Å². The van der Waals surface area contributed by atoms with Crippen LogP contribution in [0.5, 0.6) is 0 Å². The molecule has 5 nitrogen and oxygen atoms in total. The molecule has 1 unspecified atom stereocenters. The zero-order chi connectivity index (χ0) is 9.26. The molecule has 0 saturated carbocycles. The maximum absolute atomic E-state index is 5.90. The third-order valence-electron chi connectivity index (χ3n) is 1.98. The fourth-order valence-electron chi connectivity index (χ4n) is 1.31. The zero-order valence-electron chi connectivity index (χ0n) is 7.47. The Morgan fingerprint density at radius 2 is 2.54 bits per heavy atom. The van der Waals surface area contributed by atoms with Crippen molar-refractivity contribution < 1.29 is 4.74 Å². The van der Waals surface area contributed by atoms with Crippen LogP contribution in [0.1, 0.15) is 18.2 Å². The van der Waals surface area contributed by atoms with Gasteiger partial charge in [-0.3, -0.25) is 4.68 Å². The maximum atomic E-state index is 5.90. The molecule has 1 aliphatic heterocycles. The van der Waals surface area contributed by atoms with E-state index in [2.05, 4.69) is 10.3 Å². The molecule has 0 bridgehead atoms. The van der Waals surface area contributed by atoms with Crippen LogP contribution in [0.15, 0.2) is 18.0 Å². The highest BCUT2D eigenvalue weighted by Crippen LogP contribution is 2.21. The Balaban J connectivity index is 2.16. The fraction of sp³-hybridized carbons (Fsp3) is 0.500. The first-order valence-corrected chi connectivity index (χ1v) is 4.22. The number of hydrogen-bond acceptors (Lipinski definition) is 4. The Hall–Kier alpha value is -1.36. The first-order chi connectivity index (χ1) is 6.27. The summed E-state index contributed by atoms with van der Waals surface area (Å²) in [5, 5.41) is 7.74. The van der Waals surface area contributed by atoms with Crippen LogP contribution in [0.3, 0.4) is 0 Å². The largest absolute Gasteiger partial charge is 0.496 e. The highest BCUT2D eigenvalue weighted by atomic mass is 16.5. The lowest BCUT2D eigenvalue weighted by molar-refractivity contribution is 0.224. The minimum atomic E-state index is -0.267. The topological polar surface area (TPSA) is 66.0 Å². The van der Waals surface area contributed by atoms with E-state index in [1.165, 1.54) is 0 Å². The minimum Gasteiger partial charge on any atom is -0.496 e. The smallest absolute Gasteiger partial charge is 0.115 e. The molecular formula is C8H12N4O. The normalized spacial score (nSPS) is 18.2. The highest BCUT2D eigenvalue weighted by Gasteiger charge is 2.18. The van der Waals surface area contributed by atoms with Gasteiger partial charge in [-0.25, -0.2) is 0 Å². The number of ether oxygens (including phenoxy) is 1. The number of nitrogens with two attached hydrogens (primary N) is 1. The molecule has 1 aliphatic rings. The lowest BCUT2D eigenvalue weighted by Gasteiger charge is -2.09. The molecule has 0 fully saturated rings. The Morgan fingerprint density at radius 1 is 1.69 bits per heavy atom. The molecule has 0 aromatic carbocycles. The molecule has 13 heavy (non-hydrogen) atoms. The van der Waals surface area contributed by atoms with Gasteiger partial charge in [0, 0.05) is 13.5 Å². The van der Waals surface area contributed by atoms with Crippen LogP contribution in [0.4, 0.5) is 0 Å². The van der Waals surface area contributed by atoms with Crippen molar-refractivity contribution >= 4 is 0 Å². The molecule has 0 radical (unpaired) electrons. The molecule has 1 aromatic rings. The van der Waals surface area contributed by atoms with Crippen molar-refractivity contribution in [2.75, 3.05) is 6.61 Å². The molecule has 2 rings (SSSR count). The van der Waals surface area contributed by atoms with Gasteiger partial charge in [-0.2, -0.15) is 0 Å². The van der Waals surface area contributed by atoms with E-state index in [9.17, 15) is 0 Å². The summed E-state index contributed by atoms with van der Waals surface area (Å²) in [5.41, 5.74) is 6.65. The maximum Gasteiger partial charge on any atom is 0.115 e. The second kappa shape index (κ2) is 3.18. The van der Waals surface area contributed by atoms with Crippen molar-refractivity contribution in [3.63, 3.8) is 0 Å². The summed E-state index contributed by atoms with van der Waals surface area (Å²) in [6.45, 7) is 0.725. The van der Waals surface area contributed by atoms with Crippen LogP contribution in [-0.2, 0) is 11.8 Å². The standard InChI is InChI=1S/C8H12N4O/c1-12-5-6(10-11-12)8(9)7-3-2-4-13-7/h3,5,8H,2,4,9H2,1H3. The Morgan fingerprint density at radius 3 is 3.08 bits per heavy atom. The highest BCUT2D eigenvalue weighted by molar-refractivity contribution is 5.16. The summed E-state index contributed by atoms with van der Waals surface area (Å²) in [7, 11) is 1.81. The lowest BCUT2D eigenvalue weighted by Crippen LogP contribution is -2.14. The number of hydrogen-bond donors (Lipinski definition) is 1. The van der Waals surface area contributed by atoms with Crippen LogP contribution in [-0.4, -0.2) is 21.6 Å². The predicted octanol–water partition coefficient (Wildman–Crippen LogP) is 0.119. The molecule has 1 aromatic heterocycles. The van der Waals surface area contributed by atoms with Crippen molar-refractivity contribution in [2.24, 2.45) is 12.8 Å². The second-order valence-corrected chi connectivity index (χ2v) is 3.04. The molecule has 0 amide bonds. The van der Waals surface area contributed by atoms with Crippen LogP contribution < -0.4 is 5.73 Å². The van der Waals surface area contributed by atoms with Crippen LogP contribution >= 0.6 is 0 Å². The summed E-state index contributed by atoms with van der Waals surface area (Å²) in [6, 6.07) is -0.267. The number of aryl methyl sites for hydroxylation is 1. The summed E-state index contributed by atoms with van der Waals surface area (Å²) >= 11 is 0. The summed E-state index contributed by atoms with van der Waals surface area (Å²) in [4.78, 5) is 0. The molecule has 2 N–H and O–H groups in total. The predicted molar refractivity (Wildman–Crippen MR) is 46.6 cm³/mol. The Labute approximate surface area is 76.2 Å². The molecule has 0 aliphatic carbocycles. The Bertz CT molecular complexity index is 331. The van der Waals surface area contributed by atoms with E-state index in [4.69, 9.17) is 10.5 Å². The molecule has 5 heteroatoms. The van der Waals surface area contributed by atoms with Crippen molar-refractivity contribution in [1.82, 2.24) is 15.0 Å². The lowest BCUT2D eigenvalue weighted by atomic mass is 10.2. The van der Waals surface area contributed by atoms with Gasteiger partial charge in [-0.1, -0.05) is 5.21 Å². The van der Waals surface area contributed by atoms with E-state index < -0.39 is 0 Å². The first kappa shape index (κ1) is 8.25. The second-order valence-electron chi connectivity index (χ2n) is 3.04. The van der Waals surface area contributed by atoms with E-state index in [1.807, 2.05) is 13.1 Å². The van der Waals surface area contributed by atoms with Gasteiger partial charge in [0.15, 0.2) is 0 Å². The van der Waals surface area contributed by atoms with Crippen LogP contribution in [0.2, 0.25) is 0 Å². The minimum absolute atomic E-state index is 0.267. The van der Waals surface area contributed by atoms with Gasteiger partial charge < -0.3 is 10.5 Å². The quantitative estimate of drug-likeness (QED) is 0.702. The molecule has 2 heterocycles. The van der Waals surface area contributed by atoms with Crippen molar-refractivity contribution in [1.29, 1.82) is 0 Å². The zero-order valence-corrected chi connectivity index (χ0v) is 7.47. The molecular weight excluding hydrogens is 168 g/mol. The monoisotopic (exact) mass is 180 g/mol. The van der Waals surface area contributed by atoms with Gasteiger partial charge in [-0.05, 0) is 6.08 Å².